The third-order valence-electron chi connectivity index (χ3n) is 5.95. The number of hydrogen-bond acceptors (Lipinski definition) is 3. The molecular formula is C23H34N4O2. The molecule has 1 aliphatic heterocycles. The molecule has 0 spiro atoms. The number of aromatic nitrogens is 2. The molecule has 0 radical (unpaired) electrons. The molecule has 1 aromatic carbocycles. The second-order valence-corrected chi connectivity index (χ2v) is 8.49. The van der Waals surface area contributed by atoms with E-state index in [1.165, 1.54) is 11.1 Å². The summed E-state index contributed by atoms with van der Waals surface area (Å²) in [7, 11) is 0. The van der Waals surface area contributed by atoms with Crippen LogP contribution in [-0.4, -0.2) is 42.1 Å². The fourth-order valence-electron chi connectivity index (χ4n) is 4.27. The number of ether oxygens (including phenoxy) is 1. The number of benzene rings is 1. The van der Waals surface area contributed by atoms with E-state index in [4.69, 9.17) is 4.74 Å². The summed E-state index contributed by atoms with van der Waals surface area (Å²) in [6.07, 6.45) is 1.85. The molecule has 3 rings (SSSR count). The summed E-state index contributed by atoms with van der Waals surface area (Å²) in [6.45, 7) is 11.8. The zero-order valence-electron chi connectivity index (χ0n) is 18.1. The average Bonchev–Trinajstić information content (AvgIpc) is 3.02. The first-order valence-electron chi connectivity index (χ1n) is 10.6. The molecule has 2 aromatic rings. The van der Waals surface area contributed by atoms with E-state index in [-0.39, 0.29) is 11.4 Å². The second-order valence-electron chi connectivity index (χ2n) is 8.49. The van der Waals surface area contributed by atoms with Crippen molar-refractivity contribution in [3.8, 4) is 0 Å². The van der Waals surface area contributed by atoms with E-state index >= 15 is 0 Å². The molecule has 2 amide bonds. The molecule has 158 valence electrons. The Hall–Kier alpha value is -2.34. The SMILES string of the molecule is Cc1cc(C)n(CC(C)CNC(=O)NCC2(c3ccccc3C)CCOCC2)n1. The number of urea groups is 1. The van der Waals surface area contributed by atoms with E-state index in [0.717, 1.165) is 44.0 Å². The molecule has 2 heterocycles. The van der Waals surface area contributed by atoms with Gasteiger partial charge in [-0.2, -0.15) is 5.10 Å². The largest absolute Gasteiger partial charge is 0.381 e. The van der Waals surface area contributed by atoms with E-state index in [1.807, 2.05) is 11.6 Å². The maximum absolute atomic E-state index is 12.5. The highest BCUT2D eigenvalue weighted by atomic mass is 16.5. The lowest BCUT2D eigenvalue weighted by molar-refractivity contribution is 0.0505. The average molecular weight is 399 g/mol. The Morgan fingerprint density at radius 2 is 1.93 bits per heavy atom. The highest BCUT2D eigenvalue weighted by molar-refractivity contribution is 5.74. The summed E-state index contributed by atoms with van der Waals surface area (Å²) in [5.41, 5.74) is 4.71. The quantitative estimate of drug-likeness (QED) is 0.750. The number of nitrogens with zero attached hydrogens (tertiary/aromatic N) is 2. The van der Waals surface area contributed by atoms with Gasteiger partial charge in [-0.15, -0.1) is 0 Å². The van der Waals surface area contributed by atoms with E-state index in [1.54, 1.807) is 0 Å². The lowest BCUT2D eigenvalue weighted by Crippen LogP contribution is -2.48. The normalized spacial score (nSPS) is 17.0. The van der Waals surface area contributed by atoms with Gasteiger partial charge in [0.2, 0.25) is 0 Å². The van der Waals surface area contributed by atoms with Crippen LogP contribution in [0.15, 0.2) is 30.3 Å². The van der Waals surface area contributed by atoms with Crippen molar-refractivity contribution in [1.29, 1.82) is 0 Å². The topological polar surface area (TPSA) is 68.2 Å². The second kappa shape index (κ2) is 9.44. The fraction of sp³-hybridized carbons (Fsp3) is 0.565. The molecule has 1 fully saturated rings. The van der Waals surface area contributed by atoms with Crippen LogP contribution in [0.3, 0.4) is 0 Å². The van der Waals surface area contributed by atoms with Gasteiger partial charge in [0.25, 0.3) is 0 Å². The maximum Gasteiger partial charge on any atom is 0.314 e. The van der Waals surface area contributed by atoms with Crippen molar-refractivity contribution in [2.45, 2.75) is 52.5 Å². The number of hydrogen-bond donors (Lipinski definition) is 2. The van der Waals surface area contributed by atoms with Crippen LogP contribution in [0.5, 0.6) is 0 Å². The van der Waals surface area contributed by atoms with Crippen molar-refractivity contribution in [1.82, 2.24) is 20.4 Å². The van der Waals surface area contributed by atoms with E-state index in [0.29, 0.717) is 19.0 Å². The van der Waals surface area contributed by atoms with Gasteiger partial charge in [-0.25, -0.2) is 4.79 Å². The zero-order valence-corrected chi connectivity index (χ0v) is 18.1. The number of carbonyl (C=O) groups is 1. The predicted molar refractivity (Wildman–Crippen MR) is 115 cm³/mol. The molecule has 1 atom stereocenters. The highest BCUT2D eigenvalue weighted by Gasteiger charge is 2.35. The monoisotopic (exact) mass is 398 g/mol. The zero-order chi connectivity index (χ0) is 20.9. The number of nitrogens with one attached hydrogen (secondary N) is 2. The van der Waals surface area contributed by atoms with Gasteiger partial charge in [0.15, 0.2) is 0 Å². The van der Waals surface area contributed by atoms with Crippen molar-refractivity contribution in [2.75, 3.05) is 26.3 Å². The Morgan fingerprint density at radius 3 is 2.59 bits per heavy atom. The van der Waals surface area contributed by atoms with Crippen LogP contribution in [0.4, 0.5) is 4.79 Å². The minimum absolute atomic E-state index is 0.0593. The van der Waals surface area contributed by atoms with Crippen LogP contribution >= 0.6 is 0 Å². The van der Waals surface area contributed by atoms with Crippen molar-refractivity contribution < 1.29 is 9.53 Å². The fourth-order valence-corrected chi connectivity index (χ4v) is 4.27. The van der Waals surface area contributed by atoms with Crippen molar-refractivity contribution in [2.24, 2.45) is 5.92 Å². The van der Waals surface area contributed by atoms with Gasteiger partial charge in [-0.1, -0.05) is 31.2 Å². The molecule has 1 saturated heterocycles. The first-order chi connectivity index (χ1) is 13.9. The Balaban J connectivity index is 1.54. The molecule has 1 aliphatic rings. The maximum atomic E-state index is 12.5. The van der Waals surface area contributed by atoms with Gasteiger partial charge in [0.05, 0.1) is 5.69 Å². The summed E-state index contributed by atoms with van der Waals surface area (Å²) in [4.78, 5) is 12.5. The van der Waals surface area contributed by atoms with Crippen molar-refractivity contribution in [3.05, 3.63) is 52.8 Å². The van der Waals surface area contributed by atoms with Gasteiger partial charge >= 0.3 is 6.03 Å². The molecule has 0 saturated carbocycles. The van der Waals surface area contributed by atoms with Crippen LogP contribution in [0.25, 0.3) is 0 Å². The van der Waals surface area contributed by atoms with Crippen LogP contribution in [0.1, 0.15) is 42.3 Å². The highest BCUT2D eigenvalue weighted by Crippen LogP contribution is 2.36. The van der Waals surface area contributed by atoms with Crippen molar-refractivity contribution in [3.63, 3.8) is 0 Å². The first-order valence-corrected chi connectivity index (χ1v) is 10.6. The van der Waals surface area contributed by atoms with Gasteiger partial charge < -0.3 is 15.4 Å². The van der Waals surface area contributed by atoms with Crippen LogP contribution in [0.2, 0.25) is 0 Å². The molecule has 1 aromatic heterocycles. The summed E-state index contributed by atoms with van der Waals surface area (Å²) in [5.74, 6) is 0.298. The number of aryl methyl sites for hydroxylation is 3. The third kappa shape index (κ3) is 5.38. The lowest BCUT2D eigenvalue weighted by atomic mass is 9.72. The number of carbonyl (C=O) groups excluding carboxylic acids is 1. The van der Waals surface area contributed by atoms with Crippen LogP contribution < -0.4 is 10.6 Å². The van der Waals surface area contributed by atoms with Gasteiger partial charge in [-0.05, 0) is 56.7 Å². The molecule has 0 aliphatic carbocycles. The Labute approximate surface area is 174 Å². The molecule has 0 bridgehead atoms. The standard InChI is InChI=1S/C23H34N4O2/c1-17(15-27-20(4)13-19(3)26-27)14-24-22(28)25-16-23(9-11-29-12-10-23)21-8-6-5-7-18(21)2/h5-8,13,17H,9-12,14-16H2,1-4H3,(H2,24,25,28). The lowest BCUT2D eigenvalue weighted by Gasteiger charge is -2.39. The Kier molecular flexibility index (Phi) is 6.96. The number of amides is 2. The van der Waals surface area contributed by atoms with Crippen LogP contribution in [0, 0.1) is 26.7 Å². The first kappa shape index (κ1) is 21.4. The summed E-state index contributed by atoms with van der Waals surface area (Å²) in [5, 5.41) is 10.7. The van der Waals surface area contributed by atoms with Crippen molar-refractivity contribution >= 4 is 6.03 Å². The van der Waals surface area contributed by atoms with Gasteiger partial charge in [0.1, 0.15) is 0 Å². The molecule has 1 unspecified atom stereocenters. The summed E-state index contributed by atoms with van der Waals surface area (Å²) < 4.78 is 7.61. The Morgan fingerprint density at radius 1 is 1.21 bits per heavy atom. The van der Waals surface area contributed by atoms with Crippen LogP contribution in [-0.2, 0) is 16.7 Å². The molecular weight excluding hydrogens is 364 g/mol. The third-order valence-corrected chi connectivity index (χ3v) is 5.95. The van der Waals surface area contributed by atoms with Gasteiger partial charge in [0, 0.05) is 44.0 Å². The predicted octanol–water partition coefficient (Wildman–Crippen LogP) is 3.49. The molecule has 6 heteroatoms. The summed E-state index contributed by atoms with van der Waals surface area (Å²) in [6, 6.07) is 10.5. The smallest absolute Gasteiger partial charge is 0.314 e. The number of rotatable bonds is 7. The van der Waals surface area contributed by atoms with E-state index in [2.05, 4.69) is 66.8 Å². The van der Waals surface area contributed by atoms with E-state index in [9.17, 15) is 4.79 Å². The molecule has 29 heavy (non-hydrogen) atoms. The Bertz CT molecular complexity index is 824. The minimum atomic E-state index is -0.107. The van der Waals surface area contributed by atoms with Gasteiger partial charge in [-0.3, -0.25) is 4.68 Å². The molecule has 6 nitrogen and oxygen atoms in total. The molecule has 2 N–H and O–H groups in total. The summed E-state index contributed by atoms with van der Waals surface area (Å²) >= 11 is 0. The minimum Gasteiger partial charge on any atom is -0.381 e. The van der Waals surface area contributed by atoms with E-state index < -0.39 is 0 Å².